The standard InChI is InChI=1S/C16H17F2NOS/c1-20-15-7-6-11(9-14(15)18)8-12(19)10-21-16-5-3-2-4-13(16)17/h2-7,9,12H,8,10,19H2,1H3. The van der Waals surface area contributed by atoms with Crippen LogP contribution in [0.4, 0.5) is 8.78 Å². The molecule has 0 aliphatic heterocycles. The second kappa shape index (κ2) is 7.43. The molecule has 0 bridgehead atoms. The first-order chi connectivity index (χ1) is 10.1. The summed E-state index contributed by atoms with van der Waals surface area (Å²) < 4.78 is 31.9. The minimum Gasteiger partial charge on any atom is -0.494 e. The van der Waals surface area contributed by atoms with Crippen LogP contribution in [0, 0.1) is 11.6 Å². The molecule has 0 aliphatic carbocycles. The topological polar surface area (TPSA) is 35.2 Å². The molecule has 0 spiro atoms. The SMILES string of the molecule is COc1ccc(CC(N)CSc2ccccc2F)cc1F. The van der Waals surface area contributed by atoms with Gasteiger partial charge in [-0.15, -0.1) is 11.8 Å². The monoisotopic (exact) mass is 309 g/mol. The molecule has 0 saturated heterocycles. The number of thioether (sulfide) groups is 1. The highest BCUT2D eigenvalue weighted by molar-refractivity contribution is 7.99. The van der Waals surface area contributed by atoms with Gasteiger partial charge < -0.3 is 10.5 Å². The Kier molecular flexibility index (Phi) is 5.59. The minimum absolute atomic E-state index is 0.178. The number of hydrogen-bond acceptors (Lipinski definition) is 3. The van der Waals surface area contributed by atoms with Crippen molar-refractivity contribution in [2.45, 2.75) is 17.4 Å². The Hall–Kier alpha value is -1.59. The Labute approximate surface area is 127 Å². The number of ether oxygens (including phenoxy) is 1. The van der Waals surface area contributed by atoms with Gasteiger partial charge in [-0.1, -0.05) is 18.2 Å². The van der Waals surface area contributed by atoms with Gasteiger partial charge in [-0.2, -0.15) is 0 Å². The van der Waals surface area contributed by atoms with Gasteiger partial charge in [-0.05, 0) is 36.2 Å². The Morgan fingerprint density at radius 3 is 2.57 bits per heavy atom. The van der Waals surface area contributed by atoms with E-state index in [-0.39, 0.29) is 17.6 Å². The number of benzene rings is 2. The van der Waals surface area contributed by atoms with E-state index in [1.54, 1.807) is 30.3 Å². The van der Waals surface area contributed by atoms with Crippen LogP contribution in [0.3, 0.4) is 0 Å². The van der Waals surface area contributed by atoms with Crippen molar-refractivity contribution in [3.63, 3.8) is 0 Å². The molecular weight excluding hydrogens is 292 g/mol. The van der Waals surface area contributed by atoms with Gasteiger partial charge >= 0.3 is 0 Å². The molecule has 1 unspecified atom stereocenters. The first kappa shape index (κ1) is 15.8. The van der Waals surface area contributed by atoms with Gasteiger partial charge in [0.2, 0.25) is 0 Å². The lowest BCUT2D eigenvalue weighted by molar-refractivity contribution is 0.386. The smallest absolute Gasteiger partial charge is 0.165 e. The van der Waals surface area contributed by atoms with E-state index in [0.717, 1.165) is 5.56 Å². The van der Waals surface area contributed by atoms with E-state index >= 15 is 0 Å². The van der Waals surface area contributed by atoms with Crippen LogP contribution >= 0.6 is 11.8 Å². The number of hydrogen-bond donors (Lipinski definition) is 1. The Morgan fingerprint density at radius 2 is 1.90 bits per heavy atom. The highest BCUT2D eigenvalue weighted by atomic mass is 32.2. The summed E-state index contributed by atoms with van der Waals surface area (Å²) in [6.07, 6.45) is 0.530. The van der Waals surface area contributed by atoms with Gasteiger partial charge in [0.1, 0.15) is 5.82 Å². The lowest BCUT2D eigenvalue weighted by atomic mass is 10.1. The molecular formula is C16H17F2NOS. The zero-order chi connectivity index (χ0) is 15.2. The molecule has 5 heteroatoms. The molecule has 2 rings (SSSR count). The van der Waals surface area contributed by atoms with E-state index in [9.17, 15) is 8.78 Å². The summed E-state index contributed by atoms with van der Waals surface area (Å²) >= 11 is 1.37. The largest absolute Gasteiger partial charge is 0.494 e. The molecule has 0 saturated carbocycles. The number of halogens is 2. The van der Waals surface area contributed by atoms with Crippen molar-refractivity contribution in [1.29, 1.82) is 0 Å². The first-order valence-corrected chi connectivity index (χ1v) is 7.54. The van der Waals surface area contributed by atoms with Crippen molar-refractivity contribution in [1.82, 2.24) is 0 Å². The summed E-state index contributed by atoms with van der Waals surface area (Å²) in [5, 5.41) is 0. The number of methoxy groups -OCH3 is 1. The lowest BCUT2D eigenvalue weighted by Crippen LogP contribution is -2.25. The van der Waals surface area contributed by atoms with Crippen molar-refractivity contribution in [3.8, 4) is 5.75 Å². The molecule has 0 aliphatic rings. The van der Waals surface area contributed by atoms with Crippen LogP contribution in [-0.4, -0.2) is 18.9 Å². The lowest BCUT2D eigenvalue weighted by Gasteiger charge is -2.12. The average Bonchev–Trinajstić information content (AvgIpc) is 2.46. The number of nitrogens with two attached hydrogens (primary N) is 1. The third-order valence-electron chi connectivity index (χ3n) is 3.00. The van der Waals surface area contributed by atoms with E-state index in [0.29, 0.717) is 17.1 Å². The van der Waals surface area contributed by atoms with Crippen molar-refractivity contribution < 1.29 is 13.5 Å². The zero-order valence-corrected chi connectivity index (χ0v) is 12.5. The van der Waals surface area contributed by atoms with Gasteiger partial charge in [-0.3, -0.25) is 0 Å². The zero-order valence-electron chi connectivity index (χ0n) is 11.7. The van der Waals surface area contributed by atoms with Gasteiger partial charge in [0.05, 0.1) is 7.11 Å². The molecule has 2 nitrogen and oxygen atoms in total. The van der Waals surface area contributed by atoms with Gasteiger partial charge in [0.25, 0.3) is 0 Å². The molecule has 2 aromatic rings. The van der Waals surface area contributed by atoms with Gasteiger partial charge in [0.15, 0.2) is 11.6 Å². The van der Waals surface area contributed by atoms with E-state index in [1.165, 1.54) is 31.0 Å². The summed E-state index contributed by atoms with van der Waals surface area (Å²) in [7, 11) is 1.43. The molecule has 2 aromatic carbocycles. The van der Waals surface area contributed by atoms with E-state index in [4.69, 9.17) is 10.5 Å². The van der Waals surface area contributed by atoms with Crippen LogP contribution in [-0.2, 0) is 6.42 Å². The van der Waals surface area contributed by atoms with Crippen LogP contribution in [0.25, 0.3) is 0 Å². The minimum atomic E-state index is -0.399. The molecule has 0 heterocycles. The molecule has 0 fully saturated rings. The van der Waals surface area contributed by atoms with Crippen LogP contribution < -0.4 is 10.5 Å². The predicted octanol–water partition coefficient (Wildman–Crippen LogP) is 3.64. The highest BCUT2D eigenvalue weighted by Gasteiger charge is 2.10. The van der Waals surface area contributed by atoms with Crippen LogP contribution in [0.5, 0.6) is 5.75 Å². The predicted molar refractivity (Wildman–Crippen MR) is 81.8 cm³/mol. The third kappa shape index (κ3) is 4.44. The summed E-state index contributed by atoms with van der Waals surface area (Å²) in [5.74, 6) is 0.136. The average molecular weight is 309 g/mol. The number of rotatable bonds is 6. The summed E-state index contributed by atoms with van der Waals surface area (Å²) in [4.78, 5) is 0.578. The summed E-state index contributed by atoms with van der Waals surface area (Å²) in [5.41, 5.74) is 6.83. The van der Waals surface area contributed by atoms with E-state index in [2.05, 4.69) is 0 Å². The fourth-order valence-corrected chi connectivity index (χ4v) is 2.85. The van der Waals surface area contributed by atoms with E-state index in [1.807, 2.05) is 0 Å². The van der Waals surface area contributed by atoms with Crippen LogP contribution in [0.1, 0.15) is 5.56 Å². The van der Waals surface area contributed by atoms with Crippen LogP contribution in [0.15, 0.2) is 47.4 Å². The molecule has 0 aromatic heterocycles. The highest BCUT2D eigenvalue weighted by Crippen LogP contribution is 2.23. The normalized spacial score (nSPS) is 12.2. The fourth-order valence-electron chi connectivity index (χ4n) is 1.96. The second-order valence-electron chi connectivity index (χ2n) is 4.67. The maximum absolute atomic E-state index is 13.6. The molecule has 0 radical (unpaired) electrons. The summed E-state index contributed by atoms with van der Waals surface area (Å²) in [6.45, 7) is 0. The Bertz CT molecular complexity index is 607. The molecule has 1 atom stereocenters. The maximum atomic E-state index is 13.6. The van der Waals surface area contributed by atoms with Crippen molar-refractivity contribution in [3.05, 3.63) is 59.7 Å². The second-order valence-corrected chi connectivity index (χ2v) is 5.74. The summed E-state index contributed by atoms with van der Waals surface area (Å²) in [6, 6.07) is 11.2. The quantitative estimate of drug-likeness (QED) is 0.828. The molecule has 2 N–H and O–H groups in total. The van der Waals surface area contributed by atoms with Crippen molar-refractivity contribution >= 4 is 11.8 Å². The Balaban J connectivity index is 1.91. The molecule has 0 amide bonds. The van der Waals surface area contributed by atoms with E-state index < -0.39 is 5.82 Å². The van der Waals surface area contributed by atoms with Gasteiger partial charge in [-0.25, -0.2) is 8.78 Å². The third-order valence-corrected chi connectivity index (χ3v) is 4.24. The van der Waals surface area contributed by atoms with Crippen LogP contribution in [0.2, 0.25) is 0 Å². The molecule has 21 heavy (non-hydrogen) atoms. The first-order valence-electron chi connectivity index (χ1n) is 6.55. The molecule has 112 valence electrons. The maximum Gasteiger partial charge on any atom is 0.165 e. The van der Waals surface area contributed by atoms with Crippen molar-refractivity contribution in [2.75, 3.05) is 12.9 Å². The fraction of sp³-hybridized carbons (Fsp3) is 0.250. The van der Waals surface area contributed by atoms with Gasteiger partial charge in [0, 0.05) is 16.7 Å². The Morgan fingerprint density at radius 1 is 1.14 bits per heavy atom. The van der Waals surface area contributed by atoms with Crippen molar-refractivity contribution in [2.24, 2.45) is 5.73 Å².